The highest BCUT2D eigenvalue weighted by molar-refractivity contribution is 8.26. The number of benzene rings is 1. The molecule has 0 saturated carbocycles. The van der Waals surface area contributed by atoms with Crippen molar-refractivity contribution in [1.29, 1.82) is 5.26 Å². The van der Waals surface area contributed by atoms with Gasteiger partial charge in [-0.05, 0) is 49.6 Å². The normalized spacial score (nSPS) is 15.7. The third kappa shape index (κ3) is 4.74. The van der Waals surface area contributed by atoms with Crippen molar-refractivity contribution in [2.75, 3.05) is 6.54 Å². The lowest BCUT2D eigenvalue weighted by molar-refractivity contribution is -0.121. The molecule has 1 aromatic heterocycles. The van der Waals surface area contributed by atoms with Crippen molar-refractivity contribution in [2.45, 2.75) is 33.2 Å². The van der Waals surface area contributed by atoms with E-state index in [-0.39, 0.29) is 21.0 Å². The van der Waals surface area contributed by atoms with E-state index in [4.69, 9.17) is 23.8 Å². The molecule has 1 fully saturated rings. The summed E-state index contributed by atoms with van der Waals surface area (Å²) in [6.45, 7) is 4.52. The van der Waals surface area contributed by atoms with Crippen LogP contribution in [-0.2, 0) is 4.79 Å². The van der Waals surface area contributed by atoms with Gasteiger partial charge in [0.2, 0.25) is 5.88 Å². The second-order valence-corrected chi connectivity index (χ2v) is 9.60. The molecule has 0 spiro atoms. The summed E-state index contributed by atoms with van der Waals surface area (Å²) in [7, 11) is 0. The number of nitrogens with zero attached hydrogens (tertiary/aromatic N) is 3. The summed E-state index contributed by atoms with van der Waals surface area (Å²) >= 11 is 12.3. The van der Waals surface area contributed by atoms with Gasteiger partial charge < -0.3 is 5.11 Å². The van der Waals surface area contributed by atoms with E-state index in [0.29, 0.717) is 16.3 Å². The van der Waals surface area contributed by atoms with Gasteiger partial charge in [-0.2, -0.15) is 5.26 Å². The van der Waals surface area contributed by atoms with Gasteiger partial charge in [0.05, 0.1) is 17.0 Å². The average Bonchev–Trinajstić information content (AvgIpc) is 3.02. The first kappa shape index (κ1) is 24.7. The minimum absolute atomic E-state index is 0.0756. The molecule has 33 heavy (non-hydrogen) atoms. The highest BCUT2D eigenvalue weighted by Gasteiger charge is 2.35. The number of Topliss-reactive ketones (excluding diaryl/α,β-unsaturated/α-hetero) is 1. The lowest BCUT2D eigenvalue weighted by atomic mass is 10.0. The van der Waals surface area contributed by atoms with Gasteiger partial charge in [-0.3, -0.25) is 23.9 Å². The van der Waals surface area contributed by atoms with Gasteiger partial charge in [0.1, 0.15) is 16.0 Å². The standard InChI is InChI=1S/C23H20ClN3O4S2/c1-4-12(2)27-20(29)16(10-25)13(3)19(22(27)31)17(28)11-26-21(30)18(33-23(26)32)9-14-5-7-15(24)8-6-14/h5-9,12,31H,4,11H2,1-3H3/b18-9-. The van der Waals surface area contributed by atoms with Crippen molar-refractivity contribution in [3.63, 3.8) is 0 Å². The Hall–Kier alpha value is -2.93. The molecule has 0 aliphatic carbocycles. The molecule has 10 heteroatoms. The average molecular weight is 502 g/mol. The van der Waals surface area contributed by atoms with Crippen LogP contribution in [0.4, 0.5) is 0 Å². The maximum atomic E-state index is 13.2. The molecule has 1 aliphatic heterocycles. The number of nitriles is 1. The number of ketones is 1. The Kier molecular flexibility index (Phi) is 7.42. The molecule has 3 rings (SSSR count). The Morgan fingerprint density at radius 1 is 1.33 bits per heavy atom. The number of aromatic hydroxyl groups is 1. The molecular weight excluding hydrogens is 482 g/mol. The second-order valence-electron chi connectivity index (χ2n) is 7.49. The summed E-state index contributed by atoms with van der Waals surface area (Å²) in [6.07, 6.45) is 2.15. The van der Waals surface area contributed by atoms with Crippen molar-refractivity contribution in [1.82, 2.24) is 9.47 Å². The molecule has 7 nitrogen and oxygen atoms in total. The third-order valence-corrected chi connectivity index (χ3v) is 7.03. The fraction of sp³-hybridized carbons (Fsp3) is 0.261. The van der Waals surface area contributed by atoms with Crippen LogP contribution < -0.4 is 5.56 Å². The predicted molar refractivity (Wildman–Crippen MR) is 132 cm³/mol. The van der Waals surface area contributed by atoms with Gasteiger partial charge in [0.25, 0.3) is 11.5 Å². The Labute approximate surface area is 205 Å². The summed E-state index contributed by atoms with van der Waals surface area (Å²) < 4.78 is 1.24. The highest BCUT2D eigenvalue weighted by Crippen LogP contribution is 2.34. The summed E-state index contributed by atoms with van der Waals surface area (Å²) in [5.74, 6) is -1.58. The first-order chi connectivity index (χ1) is 15.6. The predicted octanol–water partition coefficient (Wildman–Crippen LogP) is 4.44. The van der Waals surface area contributed by atoms with Crippen LogP contribution in [0.1, 0.15) is 53.4 Å². The number of hydrogen-bond donors (Lipinski definition) is 1. The Morgan fingerprint density at radius 2 is 1.97 bits per heavy atom. The quantitative estimate of drug-likeness (QED) is 0.354. The van der Waals surface area contributed by atoms with Crippen LogP contribution in [-0.4, -0.2) is 37.1 Å². The van der Waals surface area contributed by atoms with Crippen molar-refractivity contribution < 1.29 is 14.7 Å². The number of pyridine rings is 1. The zero-order chi connectivity index (χ0) is 24.4. The van der Waals surface area contributed by atoms with Crippen LogP contribution in [0.3, 0.4) is 0 Å². The summed E-state index contributed by atoms with van der Waals surface area (Å²) in [6, 6.07) is 8.29. The van der Waals surface area contributed by atoms with Crippen LogP contribution in [0.2, 0.25) is 5.02 Å². The van der Waals surface area contributed by atoms with Gasteiger partial charge in [-0.15, -0.1) is 0 Å². The SMILES string of the molecule is CCC(C)n1c(O)c(C(=O)CN2C(=O)/C(=C/c3ccc(Cl)cc3)SC2=S)c(C)c(C#N)c1=O. The molecule has 1 N–H and O–H groups in total. The topological polar surface area (TPSA) is 103 Å². The smallest absolute Gasteiger partial charge is 0.271 e. The molecule has 0 radical (unpaired) electrons. The number of amides is 1. The minimum Gasteiger partial charge on any atom is -0.494 e. The molecule has 1 atom stereocenters. The monoisotopic (exact) mass is 501 g/mol. The molecular formula is C23H20ClN3O4S2. The summed E-state index contributed by atoms with van der Waals surface area (Å²) in [5, 5.41) is 20.8. The fourth-order valence-corrected chi connectivity index (χ4v) is 4.80. The number of halogens is 1. The minimum atomic E-state index is -0.657. The van der Waals surface area contributed by atoms with Crippen molar-refractivity contribution in [2.24, 2.45) is 0 Å². The molecule has 2 aromatic rings. The van der Waals surface area contributed by atoms with Crippen LogP contribution >= 0.6 is 35.6 Å². The number of carbonyl (C=O) groups is 2. The van der Waals surface area contributed by atoms with Gasteiger partial charge in [0.15, 0.2) is 5.78 Å². The van der Waals surface area contributed by atoms with Gasteiger partial charge in [-0.1, -0.05) is 54.6 Å². The molecule has 1 aliphatic rings. The number of hydrogen-bond acceptors (Lipinski definition) is 7. The van der Waals surface area contributed by atoms with E-state index in [1.807, 2.05) is 13.0 Å². The fourth-order valence-electron chi connectivity index (χ4n) is 3.42. The molecule has 170 valence electrons. The number of thioether (sulfide) groups is 1. The van der Waals surface area contributed by atoms with Crippen LogP contribution in [0.5, 0.6) is 5.88 Å². The van der Waals surface area contributed by atoms with Crippen molar-refractivity contribution in [3.05, 3.63) is 66.8 Å². The molecule has 0 bridgehead atoms. The molecule has 1 unspecified atom stereocenters. The summed E-state index contributed by atoms with van der Waals surface area (Å²) in [4.78, 5) is 40.3. The number of aromatic nitrogens is 1. The Morgan fingerprint density at radius 3 is 2.55 bits per heavy atom. The van der Waals surface area contributed by atoms with E-state index < -0.39 is 35.7 Å². The van der Waals surface area contributed by atoms with E-state index in [0.717, 1.165) is 26.8 Å². The Bertz CT molecular complexity index is 1290. The molecule has 2 heterocycles. The largest absolute Gasteiger partial charge is 0.494 e. The molecule has 1 aromatic carbocycles. The van der Waals surface area contributed by atoms with E-state index in [9.17, 15) is 24.8 Å². The van der Waals surface area contributed by atoms with Crippen LogP contribution in [0, 0.1) is 18.3 Å². The van der Waals surface area contributed by atoms with E-state index in [1.165, 1.54) is 6.92 Å². The summed E-state index contributed by atoms with van der Waals surface area (Å²) in [5.41, 5.74) is -0.215. The van der Waals surface area contributed by atoms with Crippen molar-refractivity contribution in [3.8, 4) is 11.9 Å². The first-order valence-electron chi connectivity index (χ1n) is 10.0. The number of thiocarbonyl (C=S) groups is 1. The third-order valence-electron chi connectivity index (χ3n) is 5.40. The molecule has 1 saturated heterocycles. The number of carbonyl (C=O) groups excluding carboxylic acids is 2. The van der Waals surface area contributed by atoms with Gasteiger partial charge in [0, 0.05) is 11.1 Å². The number of rotatable bonds is 6. The van der Waals surface area contributed by atoms with Crippen LogP contribution in [0.15, 0.2) is 34.0 Å². The zero-order valence-corrected chi connectivity index (χ0v) is 20.5. The van der Waals surface area contributed by atoms with Gasteiger partial charge >= 0.3 is 0 Å². The first-order valence-corrected chi connectivity index (χ1v) is 11.6. The van der Waals surface area contributed by atoms with Crippen molar-refractivity contribution >= 4 is 57.7 Å². The lowest BCUT2D eigenvalue weighted by Gasteiger charge is -2.21. The highest BCUT2D eigenvalue weighted by atomic mass is 35.5. The van der Waals surface area contributed by atoms with E-state index >= 15 is 0 Å². The molecule has 1 amide bonds. The zero-order valence-electron chi connectivity index (χ0n) is 18.1. The maximum Gasteiger partial charge on any atom is 0.271 e. The van der Waals surface area contributed by atoms with E-state index in [2.05, 4.69) is 0 Å². The Balaban J connectivity index is 1.97. The second kappa shape index (κ2) is 9.91. The lowest BCUT2D eigenvalue weighted by Crippen LogP contribution is -2.35. The van der Waals surface area contributed by atoms with E-state index in [1.54, 1.807) is 37.3 Å². The van der Waals surface area contributed by atoms with Crippen LogP contribution in [0.25, 0.3) is 6.08 Å². The maximum absolute atomic E-state index is 13.2. The van der Waals surface area contributed by atoms with Gasteiger partial charge in [-0.25, -0.2) is 0 Å².